The molecule has 1 aliphatic heterocycles. The molecule has 0 aliphatic carbocycles. The highest BCUT2D eigenvalue weighted by molar-refractivity contribution is 6.02. The molecule has 2 aromatic rings. The summed E-state index contributed by atoms with van der Waals surface area (Å²) in [5.74, 6) is -0.0435. The third kappa shape index (κ3) is 3.32. The van der Waals surface area contributed by atoms with Crippen LogP contribution in [0.25, 0.3) is 0 Å². The largest absolute Gasteiger partial charge is 0.449 e. The Morgan fingerprint density at radius 3 is 2.79 bits per heavy atom. The van der Waals surface area contributed by atoms with Crippen molar-refractivity contribution in [2.75, 3.05) is 5.32 Å². The first kappa shape index (κ1) is 16.2. The zero-order valence-electron chi connectivity index (χ0n) is 13.3. The minimum atomic E-state index is -2.53. The third-order valence-corrected chi connectivity index (χ3v) is 3.69. The molecule has 1 atom stereocenters. The minimum absolute atomic E-state index is 0.0618. The molecule has 2 heterocycles. The normalized spacial score (nSPS) is 18.9. The zero-order valence-corrected chi connectivity index (χ0v) is 13.3. The highest BCUT2D eigenvalue weighted by Crippen LogP contribution is 2.42. The number of hydrogen-bond acceptors (Lipinski definition) is 4. The molecule has 1 aliphatic rings. The standard InChI is InChI=1S/C16H17F2N3O3/c1-3-16(2)23-12-5-4-10(8-13(12)24-16)19-15(22)11-6-7-21(20-11)9-14(17)18/h4-8,14H,3,9H2,1-2H3,(H,19,22)/t16-/m1/s1. The molecule has 0 saturated carbocycles. The minimum Gasteiger partial charge on any atom is -0.449 e. The molecular weight excluding hydrogens is 320 g/mol. The fourth-order valence-electron chi connectivity index (χ4n) is 2.30. The number of fused-ring (bicyclic) bond motifs is 1. The van der Waals surface area contributed by atoms with Crippen LogP contribution >= 0.6 is 0 Å². The Kier molecular flexibility index (Phi) is 4.13. The Labute approximate surface area is 137 Å². The molecule has 0 spiro atoms. The summed E-state index contributed by atoms with van der Waals surface area (Å²) in [4.78, 5) is 12.2. The van der Waals surface area contributed by atoms with Crippen molar-refractivity contribution >= 4 is 11.6 Å². The Hall–Kier alpha value is -2.64. The predicted molar refractivity (Wildman–Crippen MR) is 82.6 cm³/mol. The highest BCUT2D eigenvalue weighted by atomic mass is 19.3. The number of rotatable bonds is 5. The molecule has 1 aromatic heterocycles. The Morgan fingerprint density at radius 1 is 1.33 bits per heavy atom. The van der Waals surface area contributed by atoms with Gasteiger partial charge in [-0.15, -0.1) is 0 Å². The maximum atomic E-state index is 12.3. The van der Waals surface area contributed by atoms with E-state index in [4.69, 9.17) is 9.47 Å². The molecule has 8 heteroatoms. The van der Waals surface area contributed by atoms with Gasteiger partial charge in [-0.25, -0.2) is 8.78 Å². The van der Waals surface area contributed by atoms with Crippen molar-refractivity contribution in [1.29, 1.82) is 0 Å². The molecule has 1 aromatic carbocycles. The van der Waals surface area contributed by atoms with Gasteiger partial charge in [0.1, 0.15) is 6.54 Å². The summed E-state index contributed by atoms with van der Waals surface area (Å²) in [6, 6.07) is 6.43. The van der Waals surface area contributed by atoms with Crippen LogP contribution in [-0.2, 0) is 6.54 Å². The van der Waals surface area contributed by atoms with Crippen molar-refractivity contribution in [3.63, 3.8) is 0 Å². The maximum Gasteiger partial charge on any atom is 0.276 e. The first-order valence-electron chi connectivity index (χ1n) is 7.53. The first-order chi connectivity index (χ1) is 11.4. The maximum absolute atomic E-state index is 12.3. The van der Waals surface area contributed by atoms with Crippen LogP contribution in [0.1, 0.15) is 30.8 Å². The van der Waals surface area contributed by atoms with Gasteiger partial charge in [-0.1, -0.05) is 6.92 Å². The molecule has 128 valence electrons. The Balaban J connectivity index is 1.70. The van der Waals surface area contributed by atoms with Crippen molar-refractivity contribution in [1.82, 2.24) is 9.78 Å². The summed E-state index contributed by atoms with van der Waals surface area (Å²) in [5.41, 5.74) is 0.567. The first-order valence-corrected chi connectivity index (χ1v) is 7.53. The second-order valence-electron chi connectivity index (χ2n) is 5.62. The lowest BCUT2D eigenvalue weighted by Gasteiger charge is -2.20. The van der Waals surface area contributed by atoms with E-state index < -0.39 is 24.7 Å². The molecule has 3 rings (SSSR count). The van der Waals surface area contributed by atoms with Gasteiger partial charge in [0.25, 0.3) is 12.3 Å². The van der Waals surface area contributed by atoms with E-state index in [9.17, 15) is 13.6 Å². The number of carbonyl (C=O) groups is 1. The monoisotopic (exact) mass is 337 g/mol. The molecule has 0 radical (unpaired) electrons. The van der Waals surface area contributed by atoms with Gasteiger partial charge in [0, 0.05) is 31.3 Å². The Bertz CT molecular complexity index is 763. The molecule has 0 fully saturated rings. The molecule has 1 amide bonds. The predicted octanol–water partition coefficient (Wildman–Crippen LogP) is 3.30. The number of nitrogens with one attached hydrogen (secondary N) is 1. The summed E-state index contributed by atoms with van der Waals surface area (Å²) in [6.45, 7) is 3.23. The van der Waals surface area contributed by atoms with Gasteiger partial charge >= 0.3 is 0 Å². The molecule has 6 nitrogen and oxygen atoms in total. The zero-order chi connectivity index (χ0) is 17.3. The fraction of sp³-hybridized carbons (Fsp3) is 0.375. The second-order valence-corrected chi connectivity index (χ2v) is 5.62. The molecule has 24 heavy (non-hydrogen) atoms. The lowest BCUT2D eigenvalue weighted by Crippen LogP contribution is -2.33. The summed E-state index contributed by atoms with van der Waals surface area (Å²) in [7, 11) is 0. The van der Waals surface area contributed by atoms with Gasteiger partial charge in [0.05, 0.1) is 0 Å². The topological polar surface area (TPSA) is 65.4 Å². The summed E-state index contributed by atoms with van der Waals surface area (Å²) < 4.78 is 37.1. The van der Waals surface area contributed by atoms with Crippen LogP contribution < -0.4 is 14.8 Å². The number of anilines is 1. The van der Waals surface area contributed by atoms with E-state index in [0.29, 0.717) is 23.6 Å². The van der Waals surface area contributed by atoms with E-state index >= 15 is 0 Å². The van der Waals surface area contributed by atoms with Gasteiger partial charge in [0.2, 0.25) is 5.79 Å². The van der Waals surface area contributed by atoms with Crippen LogP contribution in [0.2, 0.25) is 0 Å². The third-order valence-electron chi connectivity index (χ3n) is 3.69. The van der Waals surface area contributed by atoms with Crippen LogP contribution in [0, 0.1) is 0 Å². The van der Waals surface area contributed by atoms with Crippen molar-refractivity contribution < 1.29 is 23.0 Å². The van der Waals surface area contributed by atoms with E-state index in [1.807, 2.05) is 13.8 Å². The molecule has 1 N–H and O–H groups in total. The molecular formula is C16H17F2N3O3. The number of ether oxygens (including phenoxy) is 2. The van der Waals surface area contributed by atoms with E-state index in [1.165, 1.54) is 12.3 Å². The smallest absolute Gasteiger partial charge is 0.276 e. The SMILES string of the molecule is CC[C@]1(C)Oc2ccc(NC(=O)c3ccn(CC(F)F)n3)cc2O1. The van der Waals surface area contributed by atoms with E-state index in [0.717, 1.165) is 4.68 Å². The van der Waals surface area contributed by atoms with Gasteiger partial charge in [-0.2, -0.15) is 5.10 Å². The van der Waals surface area contributed by atoms with Crippen LogP contribution in [0.5, 0.6) is 11.5 Å². The Morgan fingerprint density at radius 2 is 2.08 bits per heavy atom. The van der Waals surface area contributed by atoms with Gasteiger partial charge < -0.3 is 14.8 Å². The number of halogens is 2. The van der Waals surface area contributed by atoms with Crippen LogP contribution in [0.4, 0.5) is 14.5 Å². The van der Waals surface area contributed by atoms with Crippen LogP contribution in [0.15, 0.2) is 30.5 Å². The van der Waals surface area contributed by atoms with Crippen LogP contribution in [-0.4, -0.2) is 27.9 Å². The summed E-state index contributed by atoms with van der Waals surface area (Å²) >= 11 is 0. The van der Waals surface area contributed by atoms with Crippen LogP contribution in [0.3, 0.4) is 0 Å². The number of benzene rings is 1. The second kappa shape index (κ2) is 6.10. The average molecular weight is 337 g/mol. The number of alkyl halides is 2. The number of aromatic nitrogens is 2. The van der Waals surface area contributed by atoms with Gasteiger partial charge in [0.15, 0.2) is 17.2 Å². The van der Waals surface area contributed by atoms with Crippen molar-refractivity contribution in [2.45, 2.75) is 39.0 Å². The molecule has 0 unspecified atom stereocenters. The van der Waals surface area contributed by atoms with E-state index in [-0.39, 0.29) is 5.69 Å². The number of nitrogens with zero attached hydrogens (tertiary/aromatic N) is 2. The van der Waals surface area contributed by atoms with Gasteiger partial charge in [-0.3, -0.25) is 9.48 Å². The lowest BCUT2D eigenvalue weighted by atomic mass is 10.2. The molecule has 0 bridgehead atoms. The quantitative estimate of drug-likeness (QED) is 0.909. The summed E-state index contributed by atoms with van der Waals surface area (Å²) in [5, 5.41) is 6.49. The van der Waals surface area contributed by atoms with Crippen molar-refractivity contribution in [3.05, 3.63) is 36.2 Å². The lowest BCUT2D eigenvalue weighted by molar-refractivity contribution is -0.0640. The number of hydrogen-bond donors (Lipinski definition) is 1. The highest BCUT2D eigenvalue weighted by Gasteiger charge is 2.35. The summed E-state index contributed by atoms with van der Waals surface area (Å²) in [6.07, 6.45) is -0.513. The number of carbonyl (C=O) groups excluding carboxylic acids is 1. The number of amides is 1. The van der Waals surface area contributed by atoms with Crippen molar-refractivity contribution in [2.24, 2.45) is 0 Å². The van der Waals surface area contributed by atoms with Gasteiger partial charge in [-0.05, 0) is 18.2 Å². The fourth-order valence-corrected chi connectivity index (χ4v) is 2.30. The van der Waals surface area contributed by atoms with Crippen molar-refractivity contribution in [3.8, 4) is 11.5 Å². The van der Waals surface area contributed by atoms with E-state index in [2.05, 4.69) is 10.4 Å². The van der Waals surface area contributed by atoms with E-state index in [1.54, 1.807) is 18.2 Å². The molecule has 0 saturated heterocycles. The average Bonchev–Trinajstić information content (AvgIpc) is 3.10.